The second-order valence-electron chi connectivity index (χ2n) is 2.50. The molecule has 1 aromatic rings. The number of nitrogens with zero attached hydrogens (tertiary/aromatic N) is 1. The van der Waals surface area contributed by atoms with Crippen molar-refractivity contribution in [2.45, 2.75) is 11.8 Å². The Morgan fingerprint density at radius 3 is 2.93 bits per heavy atom. The Balaban J connectivity index is 2.78. The average molecular weight is 323 g/mol. The SMILES string of the molecule is CCOC(=O)C(Br)c1cccc(Br)n1. The standard InChI is InChI=1S/C9H9Br2NO2/c1-2-14-9(13)8(11)6-4-3-5-7(10)12-6/h3-5,8H,2H2,1H3. The van der Waals surface area contributed by atoms with Gasteiger partial charge in [0, 0.05) is 0 Å². The molecule has 0 radical (unpaired) electrons. The lowest BCUT2D eigenvalue weighted by molar-refractivity contribution is -0.142. The van der Waals surface area contributed by atoms with Gasteiger partial charge >= 0.3 is 5.97 Å². The molecule has 0 spiro atoms. The molecular weight excluding hydrogens is 314 g/mol. The zero-order valence-electron chi connectivity index (χ0n) is 7.54. The van der Waals surface area contributed by atoms with Crippen molar-refractivity contribution in [1.82, 2.24) is 4.98 Å². The first-order chi connectivity index (χ1) is 6.65. The topological polar surface area (TPSA) is 39.2 Å². The molecule has 5 heteroatoms. The molecule has 0 amide bonds. The van der Waals surface area contributed by atoms with E-state index in [0.29, 0.717) is 16.9 Å². The van der Waals surface area contributed by atoms with E-state index in [4.69, 9.17) is 4.74 Å². The molecule has 0 aliphatic carbocycles. The minimum absolute atomic E-state index is 0.321. The van der Waals surface area contributed by atoms with Gasteiger partial charge < -0.3 is 4.74 Å². The van der Waals surface area contributed by atoms with Gasteiger partial charge in [0.2, 0.25) is 0 Å². The summed E-state index contributed by atoms with van der Waals surface area (Å²) < 4.78 is 5.55. The van der Waals surface area contributed by atoms with Gasteiger partial charge in [-0.15, -0.1) is 0 Å². The Hall–Kier alpha value is -0.420. The summed E-state index contributed by atoms with van der Waals surface area (Å²) in [5.74, 6) is -0.321. The van der Waals surface area contributed by atoms with E-state index in [9.17, 15) is 4.79 Å². The highest BCUT2D eigenvalue weighted by atomic mass is 79.9. The first-order valence-corrected chi connectivity index (χ1v) is 5.79. The molecular formula is C9H9Br2NO2. The fourth-order valence-electron chi connectivity index (χ4n) is 0.901. The van der Waals surface area contributed by atoms with Crippen molar-refractivity contribution >= 4 is 37.8 Å². The monoisotopic (exact) mass is 321 g/mol. The van der Waals surface area contributed by atoms with Gasteiger partial charge in [0.05, 0.1) is 12.3 Å². The fraction of sp³-hybridized carbons (Fsp3) is 0.333. The van der Waals surface area contributed by atoms with Gasteiger partial charge in [-0.05, 0) is 35.0 Å². The highest BCUT2D eigenvalue weighted by Gasteiger charge is 2.19. The van der Waals surface area contributed by atoms with Gasteiger partial charge in [0.15, 0.2) is 4.83 Å². The van der Waals surface area contributed by atoms with Crippen LogP contribution in [0.1, 0.15) is 17.4 Å². The smallest absolute Gasteiger partial charge is 0.325 e. The molecule has 1 heterocycles. The Kier molecular flexibility index (Phi) is 4.54. The van der Waals surface area contributed by atoms with Crippen molar-refractivity contribution in [2.24, 2.45) is 0 Å². The van der Waals surface area contributed by atoms with Crippen molar-refractivity contribution in [3.8, 4) is 0 Å². The van der Waals surface area contributed by atoms with E-state index in [1.165, 1.54) is 0 Å². The normalized spacial score (nSPS) is 12.2. The third-order valence-electron chi connectivity index (χ3n) is 1.49. The first-order valence-electron chi connectivity index (χ1n) is 4.08. The summed E-state index contributed by atoms with van der Waals surface area (Å²) in [5.41, 5.74) is 0.637. The third-order valence-corrected chi connectivity index (χ3v) is 2.77. The van der Waals surface area contributed by atoms with Crippen molar-refractivity contribution in [2.75, 3.05) is 6.61 Å². The summed E-state index contributed by atoms with van der Waals surface area (Å²) in [7, 11) is 0. The van der Waals surface area contributed by atoms with E-state index in [1.54, 1.807) is 19.1 Å². The molecule has 0 fully saturated rings. The van der Waals surface area contributed by atoms with Gasteiger partial charge in [-0.3, -0.25) is 4.79 Å². The number of hydrogen-bond donors (Lipinski definition) is 0. The zero-order chi connectivity index (χ0) is 10.6. The van der Waals surface area contributed by atoms with Crippen LogP contribution in [0, 0.1) is 0 Å². The van der Waals surface area contributed by atoms with Crippen molar-refractivity contribution in [3.63, 3.8) is 0 Å². The lowest BCUT2D eigenvalue weighted by Crippen LogP contribution is -2.11. The number of alkyl halides is 1. The zero-order valence-corrected chi connectivity index (χ0v) is 10.7. The van der Waals surface area contributed by atoms with E-state index in [2.05, 4.69) is 36.8 Å². The number of pyridine rings is 1. The summed E-state index contributed by atoms with van der Waals surface area (Å²) in [6.07, 6.45) is 0. The quantitative estimate of drug-likeness (QED) is 0.488. The molecule has 1 atom stereocenters. The Morgan fingerprint density at radius 1 is 1.64 bits per heavy atom. The van der Waals surface area contributed by atoms with Gasteiger partial charge in [0.1, 0.15) is 4.60 Å². The minimum atomic E-state index is -0.500. The van der Waals surface area contributed by atoms with Crippen LogP contribution in [-0.2, 0) is 9.53 Å². The van der Waals surface area contributed by atoms with E-state index >= 15 is 0 Å². The second kappa shape index (κ2) is 5.46. The summed E-state index contributed by atoms with van der Waals surface area (Å²) in [4.78, 5) is 15.0. The van der Waals surface area contributed by atoms with Crippen LogP contribution in [0.2, 0.25) is 0 Å². The van der Waals surface area contributed by atoms with Crippen LogP contribution in [0.25, 0.3) is 0 Å². The van der Waals surface area contributed by atoms with Crippen LogP contribution in [0.15, 0.2) is 22.8 Å². The maximum atomic E-state index is 11.3. The number of esters is 1. The predicted octanol–water partition coefficient (Wildman–Crippen LogP) is 2.84. The molecule has 0 aromatic carbocycles. The molecule has 0 saturated carbocycles. The summed E-state index contributed by atoms with van der Waals surface area (Å²) in [6.45, 7) is 2.14. The van der Waals surface area contributed by atoms with E-state index in [0.717, 1.165) is 0 Å². The van der Waals surface area contributed by atoms with Crippen molar-refractivity contribution < 1.29 is 9.53 Å². The molecule has 1 rings (SSSR count). The Labute approximate surface area is 99.1 Å². The van der Waals surface area contributed by atoms with E-state index in [1.807, 2.05) is 6.07 Å². The maximum absolute atomic E-state index is 11.3. The molecule has 76 valence electrons. The lowest BCUT2D eigenvalue weighted by Gasteiger charge is -2.08. The van der Waals surface area contributed by atoms with Gasteiger partial charge in [-0.25, -0.2) is 4.98 Å². The van der Waals surface area contributed by atoms with Crippen molar-refractivity contribution in [3.05, 3.63) is 28.5 Å². The molecule has 1 unspecified atom stereocenters. The highest BCUT2D eigenvalue weighted by Crippen LogP contribution is 2.23. The van der Waals surface area contributed by atoms with Crippen LogP contribution >= 0.6 is 31.9 Å². The van der Waals surface area contributed by atoms with Gasteiger partial charge in [-0.1, -0.05) is 22.0 Å². The van der Waals surface area contributed by atoms with Crippen LogP contribution in [0.3, 0.4) is 0 Å². The lowest BCUT2D eigenvalue weighted by atomic mass is 10.3. The molecule has 1 aromatic heterocycles. The summed E-state index contributed by atoms with van der Waals surface area (Å²) in [6, 6.07) is 5.38. The number of carbonyl (C=O) groups excluding carboxylic acids is 1. The van der Waals surface area contributed by atoms with E-state index < -0.39 is 4.83 Å². The number of aromatic nitrogens is 1. The molecule has 14 heavy (non-hydrogen) atoms. The molecule has 0 saturated heterocycles. The summed E-state index contributed by atoms with van der Waals surface area (Å²) in [5, 5.41) is 0. The Bertz CT molecular complexity index is 330. The van der Waals surface area contributed by atoms with Crippen LogP contribution < -0.4 is 0 Å². The third kappa shape index (κ3) is 3.06. The number of halogens is 2. The second-order valence-corrected chi connectivity index (χ2v) is 4.23. The molecule has 0 aliphatic heterocycles. The van der Waals surface area contributed by atoms with Crippen LogP contribution in [-0.4, -0.2) is 17.6 Å². The average Bonchev–Trinajstić information content (AvgIpc) is 2.17. The predicted molar refractivity (Wildman–Crippen MR) is 60.2 cm³/mol. The van der Waals surface area contributed by atoms with Crippen LogP contribution in [0.5, 0.6) is 0 Å². The Morgan fingerprint density at radius 2 is 2.36 bits per heavy atom. The van der Waals surface area contributed by atoms with Crippen LogP contribution in [0.4, 0.5) is 0 Å². The number of hydrogen-bond acceptors (Lipinski definition) is 3. The number of ether oxygens (including phenoxy) is 1. The molecule has 0 bridgehead atoms. The molecule has 0 aliphatic rings. The molecule has 0 N–H and O–H groups in total. The van der Waals surface area contributed by atoms with E-state index in [-0.39, 0.29) is 5.97 Å². The highest BCUT2D eigenvalue weighted by molar-refractivity contribution is 9.10. The van der Waals surface area contributed by atoms with Gasteiger partial charge in [0.25, 0.3) is 0 Å². The molecule has 3 nitrogen and oxygen atoms in total. The number of rotatable bonds is 3. The number of carbonyl (C=O) groups is 1. The largest absolute Gasteiger partial charge is 0.465 e. The summed E-state index contributed by atoms with van der Waals surface area (Å²) >= 11 is 6.46. The minimum Gasteiger partial charge on any atom is -0.465 e. The van der Waals surface area contributed by atoms with Crippen molar-refractivity contribution in [1.29, 1.82) is 0 Å². The van der Waals surface area contributed by atoms with Gasteiger partial charge in [-0.2, -0.15) is 0 Å². The fourth-order valence-corrected chi connectivity index (χ4v) is 1.65. The first kappa shape index (κ1) is 11.7. The maximum Gasteiger partial charge on any atom is 0.325 e.